The van der Waals surface area contributed by atoms with Gasteiger partial charge in [0.25, 0.3) is 0 Å². The summed E-state index contributed by atoms with van der Waals surface area (Å²) in [6.45, 7) is 10.1. The van der Waals surface area contributed by atoms with Gasteiger partial charge >= 0.3 is 12.1 Å². The number of H-pyrrole nitrogens is 1. The first-order valence-electron chi connectivity index (χ1n) is 13.9. The lowest BCUT2D eigenvalue weighted by Crippen LogP contribution is -2.58. The van der Waals surface area contributed by atoms with Crippen molar-refractivity contribution in [3.05, 3.63) is 36.0 Å². The minimum Gasteiger partial charge on any atom is -0.481 e. The van der Waals surface area contributed by atoms with E-state index in [-0.39, 0.29) is 18.8 Å². The van der Waals surface area contributed by atoms with Crippen LogP contribution in [-0.2, 0) is 35.1 Å². The van der Waals surface area contributed by atoms with Crippen molar-refractivity contribution >= 4 is 46.6 Å². The number of hydrogen-bond acceptors (Lipinski definition) is 7. The van der Waals surface area contributed by atoms with Crippen LogP contribution in [0.5, 0.6) is 0 Å². The minimum atomic E-state index is -1.49. The number of carbonyl (C=O) groups is 6. The number of para-hydroxylation sites is 1. The normalized spacial score (nSPS) is 14.2. The van der Waals surface area contributed by atoms with Crippen LogP contribution in [-0.4, -0.2) is 75.6 Å². The highest BCUT2D eigenvalue weighted by Gasteiger charge is 2.32. The zero-order chi connectivity index (χ0) is 32.5. The maximum atomic E-state index is 13.7. The quantitative estimate of drug-likeness (QED) is 0.165. The zero-order valence-corrected chi connectivity index (χ0v) is 25.3. The molecule has 4 atom stereocenters. The maximum Gasteiger partial charge on any atom is 0.408 e. The van der Waals surface area contributed by atoms with Gasteiger partial charge in [0.15, 0.2) is 0 Å². The number of rotatable bonds is 14. The zero-order valence-electron chi connectivity index (χ0n) is 25.3. The number of aromatic amines is 1. The van der Waals surface area contributed by atoms with Gasteiger partial charge in [-0.05, 0) is 51.7 Å². The van der Waals surface area contributed by atoms with Crippen molar-refractivity contribution in [1.29, 1.82) is 0 Å². The Morgan fingerprint density at radius 1 is 0.884 bits per heavy atom. The first-order valence-corrected chi connectivity index (χ1v) is 13.9. The summed E-state index contributed by atoms with van der Waals surface area (Å²) in [5.41, 5.74) is 6.00. The van der Waals surface area contributed by atoms with Crippen molar-refractivity contribution in [3.8, 4) is 0 Å². The van der Waals surface area contributed by atoms with Gasteiger partial charge in [0.05, 0.1) is 6.42 Å². The Bertz CT molecular complexity index is 1330. The molecular formula is C29H42N6O8. The van der Waals surface area contributed by atoms with E-state index in [1.165, 1.54) is 6.92 Å². The Labute approximate surface area is 249 Å². The highest BCUT2D eigenvalue weighted by molar-refractivity contribution is 5.96. The van der Waals surface area contributed by atoms with E-state index in [2.05, 4.69) is 26.3 Å². The van der Waals surface area contributed by atoms with Crippen LogP contribution in [0, 0.1) is 5.92 Å². The molecule has 0 aliphatic carbocycles. The molecule has 0 bridgehead atoms. The first-order chi connectivity index (χ1) is 20.0. The molecule has 43 heavy (non-hydrogen) atoms. The van der Waals surface area contributed by atoms with Gasteiger partial charge < -0.3 is 41.8 Å². The number of aromatic nitrogens is 1. The number of carboxylic acid groups (broad SMARTS) is 1. The van der Waals surface area contributed by atoms with Crippen LogP contribution < -0.4 is 27.0 Å². The Balaban J connectivity index is 2.31. The van der Waals surface area contributed by atoms with E-state index in [4.69, 9.17) is 15.6 Å². The van der Waals surface area contributed by atoms with Crippen LogP contribution in [0.4, 0.5) is 4.79 Å². The number of fused-ring (bicyclic) bond motifs is 1. The smallest absolute Gasteiger partial charge is 0.408 e. The predicted molar refractivity (Wildman–Crippen MR) is 158 cm³/mol. The minimum absolute atomic E-state index is 0.0275. The van der Waals surface area contributed by atoms with Crippen molar-refractivity contribution in [2.75, 3.05) is 0 Å². The SMILES string of the molecule is CC(C)C[C@H](NC(=O)[C@H](Cc1c[nH]c2ccccc12)NC(=O)[C@H](C)NC(=O)OC(C)(C)C)C(=O)N[C@@H](CC(=O)O)C(N)=O. The molecule has 8 N–H and O–H groups in total. The van der Waals surface area contributed by atoms with Crippen molar-refractivity contribution in [1.82, 2.24) is 26.3 Å². The number of amides is 5. The summed E-state index contributed by atoms with van der Waals surface area (Å²) in [6.07, 6.45) is 0.332. The van der Waals surface area contributed by atoms with Crippen molar-refractivity contribution in [2.24, 2.45) is 11.7 Å². The van der Waals surface area contributed by atoms with E-state index in [0.717, 1.165) is 10.9 Å². The standard InChI is InChI=1S/C29H42N6O8/c1-15(2)11-21(26(40)33-20(24(30)38)13-23(36)37)35-27(41)22(12-17-14-31-19-10-8-7-9-18(17)19)34-25(39)16(3)32-28(42)43-29(4,5)6/h7-10,14-16,20-22,31H,11-13H2,1-6H3,(H2,30,38)(H,32,42)(H,33,40)(H,34,39)(H,35,41)(H,36,37)/t16-,20-,21-,22-/m0/s1. The van der Waals surface area contributed by atoms with Crippen LogP contribution in [0.3, 0.4) is 0 Å². The number of hydrogen-bond donors (Lipinski definition) is 7. The largest absolute Gasteiger partial charge is 0.481 e. The molecule has 0 saturated carbocycles. The lowest BCUT2D eigenvalue weighted by molar-refractivity contribution is -0.140. The van der Waals surface area contributed by atoms with Gasteiger partial charge in [0.1, 0.15) is 29.8 Å². The number of ether oxygens (including phenoxy) is 1. The molecule has 14 heteroatoms. The number of benzene rings is 1. The molecule has 0 aliphatic heterocycles. The number of carbonyl (C=O) groups excluding carboxylic acids is 5. The second kappa shape index (κ2) is 15.0. The lowest BCUT2D eigenvalue weighted by Gasteiger charge is -2.26. The fraction of sp³-hybridized carbons (Fsp3) is 0.517. The number of nitrogens with two attached hydrogens (primary N) is 1. The van der Waals surface area contributed by atoms with Crippen molar-refractivity contribution < 1.29 is 38.6 Å². The summed E-state index contributed by atoms with van der Waals surface area (Å²) in [6, 6.07) is 2.45. The molecule has 0 saturated heterocycles. The third kappa shape index (κ3) is 11.3. The van der Waals surface area contributed by atoms with E-state index in [0.29, 0.717) is 5.56 Å². The van der Waals surface area contributed by atoms with Gasteiger partial charge in [0, 0.05) is 23.5 Å². The molecule has 2 rings (SSSR count). The van der Waals surface area contributed by atoms with Gasteiger partial charge in [-0.25, -0.2) is 4.79 Å². The van der Waals surface area contributed by atoms with Crippen LogP contribution in [0.25, 0.3) is 10.9 Å². The molecule has 0 aliphatic rings. The summed E-state index contributed by atoms with van der Waals surface area (Å²) in [5, 5.41) is 19.9. The van der Waals surface area contributed by atoms with Gasteiger partial charge in [-0.15, -0.1) is 0 Å². The van der Waals surface area contributed by atoms with Gasteiger partial charge in [-0.2, -0.15) is 0 Å². The third-order valence-corrected chi connectivity index (χ3v) is 6.24. The fourth-order valence-corrected chi connectivity index (χ4v) is 4.22. The van der Waals surface area contributed by atoms with Crippen LogP contribution in [0.2, 0.25) is 0 Å². The average molecular weight is 603 g/mol. The van der Waals surface area contributed by atoms with E-state index in [9.17, 15) is 28.8 Å². The highest BCUT2D eigenvalue weighted by atomic mass is 16.6. The van der Waals surface area contributed by atoms with Crippen LogP contribution >= 0.6 is 0 Å². The molecule has 5 amide bonds. The summed E-state index contributed by atoms with van der Waals surface area (Å²) >= 11 is 0. The monoisotopic (exact) mass is 602 g/mol. The van der Waals surface area contributed by atoms with E-state index >= 15 is 0 Å². The number of primary amides is 1. The first kappa shape index (κ1) is 34.6. The Hall–Kier alpha value is -4.62. The van der Waals surface area contributed by atoms with Crippen molar-refractivity contribution in [2.45, 2.75) is 90.6 Å². The molecule has 0 radical (unpaired) electrons. The van der Waals surface area contributed by atoms with Gasteiger partial charge in [-0.3, -0.25) is 24.0 Å². The van der Waals surface area contributed by atoms with Crippen LogP contribution in [0.1, 0.15) is 59.9 Å². The average Bonchev–Trinajstić information content (AvgIpc) is 3.28. The number of nitrogens with one attached hydrogen (secondary N) is 5. The molecule has 14 nitrogen and oxygen atoms in total. The Kier molecular flexibility index (Phi) is 12.1. The Morgan fingerprint density at radius 3 is 2.05 bits per heavy atom. The molecule has 0 fully saturated rings. The third-order valence-electron chi connectivity index (χ3n) is 6.24. The van der Waals surface area contributed by atoms with E-state index < -0.39 is 71.9 Å². The maximum absolute atomic E-state index is 13.7. The molecular weight excluding hydrogens is 560 g/mol. The second-order valence-electron chi connectivity index (χ2n) is 11.7. The molecule has 0 unspecified atom stereocenters. The molecule has 236 valence electrons. The summed E-state index contributed by atoms with van der Waals surface area (Å²) < 4.78 is 5.21. The number of aliphatic carboxylic acids is 1. The topological polar surface area (TPSA) is 222 Å². The van der Waals surface area contributed by atoms with Crippen LogP contribution in [0.15, 0.2) is 30.5 Å². The molecule has 1 aromatic carbocycles. The van der Waals surface area contributed by atoms with Gasteiger partial charge in [-0.1, -0.05) is 32.0 Å². The lowest BCUT2D eigenvalue weighted by atomic mass is 10.00. The second-order valence-corrected chi connectivity index (χ2v) is 11.7. The predicted octanol–water partition coefficient (Wildman–Crippen LogP) is 1.08. The molecule has 2 aromatic rings. The van der Waals surface area contributed by atoms with Crippen molar-refractivity contribution in [3.63, 3.8) is 0 Å². The fourth-order valence-electron chi connectivity index (χ4n) is 4.22. The summed E-state index contributed by atoms with van der Waals surface area (Å²) in [7, 11) is 0. The Morgan fingerprint density at radius 2 is 1.47 bits per heavy atom. The summed E-state index contributed by atoms with van der Waals surface area (Å²) in [5.74, 6) is -4.67. The number of alkyl carbamates (subject to hydrolysis) is 1. The molecule has 0 spiro atoms. The van der Waals surface area contributed by atoms with Gasteiger partial charge in [0.2, 0.25) is 23.6 Å². The van der Waals surface area contributed by atoms with E-state index in [1.54, 1.807) is 27.0 Å². The highest BCUT2D eigenvalue weighted by Crippen LogP contribution is 2.19. The molecule has 1 heterocycles. The van der Waals surface area contributed by atoms with E-state index in [1.807, 2.05) is 38.1 Å². The molecule has 1 aromatic heterocycles. The number of carboxylic acids is 1. The summed E-state index contributed by atoms with van der Waals surface area (Å²) in [4.78, 5) is 78.1.